The van der Waals surface area contributed by atoms with Crippen LogP contribution in [0.15, 0.2) is 55.1 Å². The number of carbonyl (C=O) groups excluding carboxylic acids is 1. The van der Waals surface area contributed by atoms with Crippen molar-refractivity contribution in [2.75, 3.05) is 6.54 Å². The minimum absolute atomic E-state index is 0.0325. The fourth-order valence-electron chi connectivity index (χ4n) is 3.07. The lowest BCUT2D eigenvalue weighted by Gasteiger charge is -2.19. The lowest BCUT2D eigenvalue weighted by atomic mass is 10.1. The van der Waals surface area contributed by atoms with Gasteiger partial charge in [-0.3, -0.25) is 4.79 Å². The summed E-state index contributed by atoms with van der Waals surface area (Å²) in [6.45, 7) is 0.256. The Balaban J connectivity index is 1.62. The van der Waals surface area contributed by atoms with E-state index in [1.54, 1.807) is 30.6 Å². The van der Waals surface area contributed by atoms with E-state index in [4.69, 9.17) is 16.9 Å². The molecule has 4 rings (SSSR count). The summed E-state index contributed by atoms with van der Waals surface area (Å²) in [5, 5.41) is 10.6. The number of nitrogens with zero attached hydrogens (tertiary/aromatic N) is 4. The molecule has 0 fully saturated rings. The average molecular weight is 391 g/mol. The number of nitriles is 1. The van der Waals surface area contributed by atoms with Crippen LogP contribution in [0.3, 0.4) is 0 Å². The van der Waals surface area contributed by atoms with E-state index in [-0.39, 0.29) is 19.0 Å². The summed E-state index contributed by atoms with van der Waals surface area (Å²) < 4.78 is 0. The molecular weight excluding hydrogens is 376 g/mol. The van der Waals surface area contributed by atoms with Gasteiger partial charge in [0.25, 0.3) is 5.91 Å². The largest absolute Gasteiger partial charge is 0.357 e. The van der Waals surface area contributed by atoms with Gasteiger partial charge in [-0.05, 0) is 29.8 Å². The molecule has 28 heavy (non-hydrogen) atoms. The van der Waals surface area contributed by atoms with Crippen LogP contribution in [0.4, 0.5) is 0 Å². The molecule has 138 valence electrons. The second-order valence-electron chi connectivity index (χ2n) is 6.21. The number of halogens is 1. The molecule has 4 aromatic rings. The number of hydrogen-bond donors (Lipinski definition) is 2. The van der Waals surface area contributed by atoms with Gasteiger partial charge in [0.05, 0.1) is 11.8 Å². The summed E-state index contributed by atoms with van der Waals surface area (Å²) in [5.74, 6) is -0.271. The minimum atomic E-state index is -0.271. The fourth-order valence-corrected chi connectivity index (χ4v) is 3.28. The van der Waals surface area contributed by atoms with Gasteiger partial charge in [-0.1, -0.05) is 23.7 Å². The van der Waals surface area contributed by atoms with E-state index >= 15 is 0 Å². The van der Waals surface area contributed by atoms with E-state index in [1.807, 2.05) is 24.3 Å². The number of H-pyrrole nitrogens is 2. The predicted molar refractivity (Wildman–Crippen MR) is 105 cm³/mol. The van der Waals surface area contributed by atoms with Crippen molar-refractivity contribution in [1.29, 1.82) is 5.26 Å². The molecule has 0 aliphatic rings. The first-order valence-electron chi connectivity index (χ1n) is 8.53. The standard InChI is InChI=1S/C20H15ClN6O/c21-15-3-1-2-13(8-15)11-27(7-5-22)20(28)17-9-14(10-24-17)18-16-4-6-23-19(16)26-12-25-18/h1-4,6,8-10,12,24H,7,11H2,(H,23,25,26). The van der Waals surface area contributed by atoms with Crippen molar-refractivity contribution in [3.8, 4) is 17.3 Å². The van der Waals surface area contributed by atoms with Crippen molar-refractivity contribution in [3.63, 3.8) is 0 Å². The third-order valence-corrected chi connectivity index (χ3v) is 4.59. The molecule has 0 saturated carbocycles. The van der Waals surface area contributed by atoms with Crippen LogP contribution in [-0.4, -0.2) is 37.3 Å². The van der Waals surface area contributed by atoms with Crippen LogP contribution in [0, 0.1) is 11.3 Å². The third kappa shape index (κ3) is 3.46. The molecule has 3 aromatic heterocycles. The van der Waals surface area contributed by atoms with Gasteiger partial charge in [-0.15, -0.1) is 0 Å². The van der Waals surface area contributed by atoms with E-state index in [9.17, 15) is 4.79 Å². The van der Waals surface area contributed by atoms with Gasteiger partial charge in [0, 0.05) is 34.9 Å². The number of nitrogens with one attached hydrogen (secondary N) is 2. The highest BCUT2D eigenvalue weighted by molar-refractivity contribution is 6.30. The van der Waals surface area contributed by atoms with E-state index in [0.29, 0.717) is 10.7 Å². The van der Waals surface area contributed by atoms with Gasteiger partial charge >= 0.3 is 0 Å². The highest BCUT2D eigenvalue weighted by atomic mass is 35.5. The number of rotatable bonds is 5. The Kier molecular flexibility index (Phi) is 4.79. The molecule has 7 nitrogen and oxygen atoms in total. The molecule has 0 spiro atoms. The molecule has 2 N–H and O–H groups in total. The normalized spacial score (nSPS) is 10.7. The van der Waals surface area contributed by atoms with Gasteiger partial charge in [0.15, 0.2) is 0 Å². The first kappa shape index (κ1) is 17.8. The topological polar surface area (TPSA) is 101 Å². The van der Waals surface area contributed by atoms with Crippen molar-refractivity contribution in [1.82, 2.24) is 24.8 Å². The van der Waals surface area contributed by atoms with E-state index < -0.39 is 0 Å². The highest BCUT2D eigenvalue weighted by Gasteiger charge is 2.19. The number of aromatic amines is 2. The molecule has 0 bridgehead atoms. The van der Waals surface area contributed by atoms with Crippen LogP contribution in [-0.2, 0) is 6.54 Å². The second kappa shape index (κ2) is 7.55. The van der Waals surface area contributed by atoms with Gasteiger partial charge in [-0.25, -0.2) is 9.97 Å². The SMILES string of the molecule is N#CCN(Cc1cccc(Cl)c1)C(=O)c1cc(-c2ncnc3[nH]ccc23)c[nH]1. The smallest absolute Gasteiger partial charge is 0.271 e. The fraction of sp³-hybridized carbons (Fsp3) is 0.100. The van der Waals surface area contributed by atoms with Crippen molar-refractivity contribution in [2.24, 2.45) is 0 Å². The van der Waals surface area contributed by atoms with E-state index in [2.05, 4.69) is 19.9 Å². The van der Waals surface area contributed by atoms with Gasteiger partial charge in [-0.2, -0.15) is 5.26 Å². The summed E-state index contributed by atoms with van der Waals surface area (Å²) in [6.07, 6.45) is 5.00. The zero-order valence-electron chi connectivity index (χ0n) is 14.7. The Morgan fingerprint density at radius 3 is 2.93 bits per heavy atom. The lowest BCUT2D eigenvalue weighted by molar-refractivity contribution is 0.0760. The maximum absolute atomic E-state index is 13.0. The maximum Gasteiger partial charge on any atom is 0.271 e. The monoisotopic (exact) mass is 390 g/mol. The van der Waals surface area contributed by atoms with Crippen molar-refractivity contribution in [3.05, 3.63) is 71.4 Å². The molecule has 0 atom stereocenters. The van der Waals surface area contributed by atoms with Crippen LogP contribution < -0.4 is 0 Å². The number of benzene rings is 1. The van der Waals surface area contributed by atoms with Crippen LogP contribution in [0.1, 0.15) is 16.1 Å². The predicted octanol–water partition coefficient (Wildman–Crippen LogP) is 3.77. The average Bonchev–Trinajstić information content (AvgIpc) is 3.36. The second-order valence-corrected chi connectivity index (χ2v) is 6.65. The van der Waals surface area contributed by atoms with Gasteiger partial charge < -0.3 is 14.9 Å². The number of aromatic nitrogens is 4. The zero-order valence-corrected chi connectivity index (χ0v) is 15.4. The molecule has 1 aromatic carbocycles. The molecule has 0 aliphatic carbocycles. The van der Waals surface area contributed by atoms with Crippen LogP contribution >= 0.6 is 11.6 Å². The van der Waals surface area contributed by atoms with Crippen LogP contribution in [0.5, 0.6) is 0 Å². The Morgan fingerprint density at radius 2 is 2.11 bits per heavy atom. The summed E-state index contributed by atoms with van der Waals surface area (Å²) >= 11 is 6.02. The first-order chi connectivity index (χ1) is 13.7. The zero-order chi connectivity index (χ0) is 19.5. The van der Waals surface area contributed by atoms with Crippen molar-refractivity contribution in [2.45, 2.75) is 6.54 Å². The molecule has 0 radical (unpaired) electrons. The minimum Gasteiger partial charge on any atom is -0.357 e. The Labute approximate surface area is 165 Å². The van der Waals surface area contributed by atoms with E-state index in [1.165, 1.54) is 11.2 Å². The molecule has 0 aliphatic heterocycles. The highest BCUT2D eigenvalue weighted by Crippen LogP contribution is 2.25. The number of hydrogen-bond acceptors (Lipinski definition) is 4. The van der Waals surface area contributed by atoms with Crippen LogP contribution in [0.2, 0.25) is 5.02 Å². The molecule has 8 heteroatoms. The number of carbonyl (C=O) groups is 1. The lowest BCUT2D eigenvalue weighted by Crippen LogP contribution is -2.31. The number of amides is 1. The van der Waals surface area contributed by atoms with Crippen LogP contribution in [0.25, 0.3) is 22.3 Å². The molecule has 0 saturated heterocycles. The molecule has 1 amide bonds. The third-order valence-electron chi connectivity index (χ3n) is 4.35. The van der Waals surface area contributed by atoms with Gasteiger partial charge in [0.2, 0.25) is 0 Å². The maximum atomic E-state index is 13.0. The van der Waals surface area contributed by atoms with E-state index in [0.717, 1.165) is 27.9 Å². The summed E-state index contributed by atoms with van der Waals surface area (Å²) in [6, 6.07) is 12.9. The summed E-state index contributed by atoms with van der Waals surface area (Å²) in [7, 11) is 0. The molecular formula is C20H15ClN6O. The van der Waals surface area contributed by atoms with Gasteiger partial charge in [0.1, 0.15) is 24.2 Å². The molecule has 3 heterocycles. The van der Waals surface area contributed by atoms with Crippen molar-refractivity contribution < 1.29 is 4.79 Å². The Morgan fingerprint density at radius 1 is 1.21 bits per heavy atom. The summed E-state index contributed by atoms with van der Waals surface area (Å²) in [5.41, 5.74) is 3.46. The Hall–Kier alpha value is -3.63. The number of fused-ring (bicyclic) bond motifs is 1. The summed E-state index contributed by atoms with van der Waals surface area (Å²) in [4.78, 5) is 29.0. The quantitative estimate of drug-likeness (QED) is 0.506. The van der Waals surface area contributed by atoms with Crippen molar-refractivity contribution >= 4 is 28.5 Å². The molecule has 0 unspecified atom stereocenters. The first-order valence-corrected chi connectivity index (χ1v) is 8.91. The Bertz CT molecular complexity index is 1190.